The second kappa shape index (κ2) is 5.44. The Bertz CT molecular complexity index is 609. The van der Waals surface area contributed by atoms with Crippen molar-refractivity contribution in [1.82, 2.24) is 0 Å². The minimum absolute atomic E-state index is 0.217. The van der Waals surface area contributed by atoms with Gasteiger partial charge in [-0.25, -0.2) is 0 Å². The number of hydrogen-bond acceptors (Lipinski definition) is 3. The van der Waals surface area contributed by atoms with Gasteiger partial charge in [0.15, 0.2) is 0 Å². The summed E-state index contributed by atoms with van der Waals surface area (Å²) < 4.78 is 5.20. The van der Waals surface area contributed by atoms with E-state index in [0.29, 0.717) is 22.7 Å². The smallest absolute Gasteiger partial charge is 0.259 e. The second-order valence-electron chi connectivity index (χ2n) is 4.28. The van der Waals surface area contributed by atoms with Crippen LogP contribution in [0.3, 0.4) is 0 Å². The highest BCUT2D eigenvalue weighted by Gasteiger charge is 2.12. The summed E-state index contributed by atoms with van der Waals surface area (Å²) in [6.07, 6.45) is 0. The lowest BCUT2D eigenvalue weighted by molar-refractivity contribution is 0.102. The van der Waals surface area contributed by atoms with Crippen LogP contribution >= 0.6 is 0 Å². The quantitative estimate of drug-likeness (QED) is 0.830. The number of carbonyl (C=O) groups is 1. The van der Waals surface area contributed by atoms with Crippen LogP contribution in [0.5, 0.6) is 5.75 Å². The third kappa shape index (κ3) is 3.04. The molecule has 2 aromatic carbocycles. The van der Waals surface area contributed by atoms with E-state index in [0.717, 1.165) is 5.56 Å². The highest BCUT2D eigenvalue weighted by molar-refractivity contribution is 6.06. The summed E-state index contributed by atoms with van der Waals surface area (Å²) in [6, 6.07) is 12.5. The predicted molar refractivity (Wildman–Crippen MR) is 76.5 cm³/mol. The molecule has 0 heterocycles. The molecule has 4 heteroatoms. The molecule has 0 aliphatic heterocycles. The van der Waals surface area contributed by atoms with Crippen LogP contribution in [0.15, 0.2) is 42.5 Å². The minimum atomic E-state index is -0.217. The Balaban J connectivity index is 2.27. The number of ether oxygens (including phenoxy) is 1. The average molecular weight is 256 g/mol. The summed E-state index contributed by atoms with van der Waals surface area (Å²) in [5.74, 6) is 0.332. The van der Waals surface area contributed by atoms with E-state index in [1.807, 2.05) is 13.0 Å². The maximum atomic E-state index is 12.2. The van der Waals surface area contributed by atoms with E-state index in [9.17, 15) is 4.79 Å². The summed E-state index contributed by atoms with van der Waals surface area (Å²) in [7, 11) is 1.54. The van der Waals surface area contributed by atoms with Crippen molar-refractivity contribution in [3.8, 4) is 5.75 Å². The maximum absolute atomic E-state index is 12.2. The van der Waals surface area contributed by atoms with Crippen LogP contribution < -0.4 is 15.8 Å². The molecule has 0 aliphatic rings. The van der Waals surface area contributed by atoms with Gasteiger partial charge < -0.3 is 15.8 Å². The van der Waals surface area contributed by atoms with Crippen LogP contribution in [0.1, 0.15) is 15.9 Å². The number of carbonyl (C=O) groups excluding carboxylic acids is 1. The Morgan fingerprint density at radius 1 is 1.21 bits per heavy atom. The number of amides is 1. The van der Waals surface area contributed by atoms with E-state index in [1.54, 1.807) is 43.5 Å². The molecule has 98 valence electrons. The lowest BCUT2D eigenvalue weighted by Crippen LogP contribution is -2.13. The standard InChI is InChI=1S/C15H16N2O2/c1-10-6-7-14(19-2)13(8-10)15(18)17-12-5-3-4-11(16)9-12/h3-9H,16H2,1-2H3,(H,17,18). The monoisotopic (exact) mass is 256 g/mol. The molecule has 0 aromatic heterocycles. The van der Waals surface area contributed by atoms with Crippen molar-refractivity contribution < 1.29 is 9.53 Å². The number of nitrogen functional groups attached to an aromatic ring is 1. The topological polar surface area (TPSA) is 64.3 Å². The van der Waals surface area contributed by atoms with E-state index in [1.165, 1.54) is 0 Å². The molecule has 0 radical (unpaired) electrons. The molecule has 0 atom stereocenters. The van der Waals surface area contributed by atoms with Crippen LogP contribution in [0, 0.1) is 6.92 Å². The first-order valence-corrected chi connectivity index (χ1v) is 5.91. The summed E-state index contributed by atoms with van der Waals surface area (Å²) in [5, 5.41) is 2.80. The summed E-state index contributed by atoms with van der Waals surface area (Å²) in [5.41, 5.74) is 8.45. The molecule has 2 aromatic rings. The SMILES string of the molecule is COc1ccc(C)cc1C(=O)Nc1cccc(N)c1. The Morgan fingerprint density at radius 2 is 2.00 bits per heavy atom. The van der Waals surface area contributed by atoms with Gasteiger partial charge in [-0.1, -0.05) is 17.7 Å². The van der Waals surface area contributed by atoms with Crippen molar-refractivity contribution in [2.24, 2.45) is 0 Å². The minimum Gasteiger partial charge on any atom is -0.496 e. The summed E-state index contributed by atoms with van der Waals surface area (Å²) >= 11 is 0. The maximum Gasteiger partial charge on any atom is 0.259 e. The van der Waals surface area contributed by atoms with Crippen LogP contribution in [-0.2, 0) is 0 Å². The number of rotatable bonds is 3. The van der Waals surface area contributed by atoms with Crippen molar-refractivity contribution in [2.45, 2.75) is 6.92 Å². The molecule has 0 fully saturated rings. The fourth-order valence-electron chi connectivity index (χ4n) is 1.81. The molecule has 0 bridgehead atoms. The van der Waals surface area contributed by atoms with Gasteiger partial charge in [-0.15, -0.1) is 0 Å². The van der Waals surface area contributed by atoms with E-state index < -0.39 is 0 Å². The Hall–Kier alpha value is -2.49. The summed E-state index contributed by atoms with van der Waals surface area (Å²) in [4.78, 5) is 12.2. The third-order valence-corrected chi connectivity index (χ3v) is 2.74. The fourth-order valence-corrected chi connectivity index (χ4v) is 1.81. The van der Waals surface area contributed by atoms with Gasteiger partial charge >= 0.3 is 0 Å². The van der Waals surface area contributed by atoms with Gasteiger partial charge in [0.2, 0.25) is 0 Å². The van der Waals surface area contributed by atoms with Crippen molar-refractivity contribution in [1.29, 1.82) is 0 Å². The fraction of sp³-hybridized carbons (Fsp3) is 0.133. The number of aryl methyl sites for hydroxylation is 1. The molecule has 0 unspecified atom stereocenters. The number of nitrogens with one attached hydrogen (secondary N) is 1. The van der Waals surface area contributed by atoms with Crippen LogP contribution in [0.4, 0.5) is 11.4 Å². The summed E-state index contributed by atoms with van der Waals surface area (Å²) in [6.45, 7) is 1.93. The molecule has 0 saturated heterocycles. The van der Waals surface area contributed by atoms with Gasteiger partial charge in [-0.05, 0) is 37.3 Å². The second-order valence-corrected chi connectivity index (χ2v) is 4.28. The van der Waals surface area contributed by atoms with Crippen molar-refractivity contribution >= 4 is 17.3 Å². The van der Waals surface area contributed by atoms with Gasteiger partial charge in [0.25, 0.3) is 5.91 Å². The first-order chi connectivity index (χ1) is 9.10. The van der Waals surface area contributed by atoms with E-state index in [-0.39, 0.29) is 5.91 Å². The number of anilines is 2. The molecular weight excluding hydrogens is 240 g/mol. The molecular formula is C15H16N2O2. The number of hydrogen-bond donors (Lipinski definition) is 2. The van der Waals surface area contributed by atoms with E-state index in [4.69, 9.17) is 10.5 Å². The Kier molecular flexibility index (Phi) is 3.71. The van der Waals surface area contributed by atoms with Crippen LogP contribution in [0.2, 0.25) is 0 Å². The largest absolute Gasteiger partial charge is 0.496 e. The predicted octanol–water partition coefficient (Wildman–Crippen LogP) is 2.84. The zero-order valence-corrected chi connectivity index (χ0v) is 10.9. The van der Waals surface area contributed by atoms with Gasteiger partial charge in [0.05, 0.1) is 12.7 Å². The zero-order chi connectivity index (χ0) is 13.8. The van der Waals surface area contributed by atoms with Crippen LogP contribution in [0.25, 0.3) is 0 Å². The Labute approximate surface area is 112 Å². The lowest BCUT2D eigenvalue weighted by Gasteiger charge is -2.10. The molecule has 0 spiro atoms. The number of nitrogens with two attached hydrogens (primary N) is 1. The molecule has 1 amide bonds. The highest BCUT2D eigenvalue weighted by atomic mass is 16.5. The first kappa shape index (κ1) is 13.0. The lowest BCUT2D eigenvalue weighted by atomic mass is 10.1. The van der Waals surface area contributed by atoms with Crippen molar-refractivity contribution in [3.63, 3.8) is 0 Å². The molecule has 0 aliphatic carbocycles. The zero-order valence-electron chi connectivity index (χ0n) is 10.9. The Morgan fingerprint density at radius 3 is 2.68 bits per heavy atom. The average Bonchev–Trinajstić information content (AvgIpc) is 2.38. The normalized spacial score (nSPS) is 10.0. The van der Waals surface area contributed by atoms with Gasteiger partial charge in [-0.3, -0.25) is 4.79 Å². The molecule has 3 N–H and O–H groups in total. The van der Waals surface area contributed by atoms with Gasteiger partial charge in [-0.2, -0.15) is 0 Å². The first-order valence-electron chi connectivity index (χ1n) is 5.91. The van der Waals surface area contributed by atoms with Crippen molar-refractivity contribution in [3.05, 3.63) is 53.6 Å². The number of benzene rings is 2. The van der Waals surface area contributed by atoms with Crippen molar-refractivity contribution in [2.75, 3.05) is 18.2 Å². The van der Waals surface area contributed by atoms with E-state index in [2.05, 4.69) is 5.32 Å². The molecule has 4 nitrogen and oxygen atoms in total. The molecule has 19 heavy (non-hydrogen) atoms. The van der Waals surface area contributed by atoms with Gasteiger partial charge in [0.1, 0.15) is 5.75 Å². The molecule has 2 rings (SSSR count). The van der Waals surface area contributed by atoms with E-state index >= 15 is 0 Å². The third-order valence-electron chi connectivity index (χ3n) is 2.74. The van der Waals surface area contributed by atoms with Crippen LogP contribution in [-0.4, -0.2) is 13.0 Å². The van der Waals surface area contributed by atoms with Gasteiger partial charge in [0, 0.05) is 11.4 Å². The number of methoxy groups -OCH3 is 1. The highest BCUT2D eigenvalue weighted by Crippen LogP contribution is 2.21. The molecule has 0 saturated carbocycles.